The molecule has 1 heterocycles. The SMILES string of the molecule is CN1CCC(CC(=O)NCc2ccc(F)cc2)CC1. The Morgan fingerprint density at radius 1 is 1.32 bits per heavy atom. The third kappa shape index (κ3) is 4.63. The fraction of sp³-hybridized carbons (Fsp3) is 0.533. The van der Waals surface area contributed by atoms with E-state index < -0.39 is 0 Å². The number of carbonyl (C=O) groups is 1. The fourth-order valence-corrected chi connectivity index (χ4v) is 2.40. The normalized spacial score (nSPS) is 17.4. The van der Waals surface area contributed by atoms with Gasteiger partial charge in [-0.1, -0.05) is 12.1 Å². The first-order valence-electron chi connectivity index (χ1n) is 6.83. The van der Waals surface area contributed by atoms with Gasteiger partial charge in [0.15, 0.2) is 0 Å². The molecular weight excluding hydrogens is 243 g/mol. The average Bonchev–Trinajstić information content (AvgIpc) is 2.41. The van der Waals surface area contributed by atoms with Crippen molar-refractivity contribution in [2.24, 2.45) is 5.92 Å². The summed E-state index contributed by atoms with van der Waals surface area (Å²) in [6.07, 6.45) is 2.80. The molecule has 1 N–H and O–H groups in total. The zero-order chi connectivity index (χ0) is 13.7. The minimum absolute atomic E-state index is 0.0962. The number of hydrogen-bond donors (Lipinski definition) is 1. The number of nitrogens with one attached hydrogen (secondary N) is 1. The molecule has 1 aromatic carbocycles. The van der Waals surface area contributed by atoms with Crippen molar-refractivity contribution in [2.75, 3.05) is 20.1 Å². The lowest BCUT2D eigenvalue weighted by Crippen LogP contribution is -2.33. The zero-order valence-electron chi connectivity index (χ0n) is 11.4. The van der Waals surface area contributed by atoms with Crippen molar-refractivity contribution in [2.45, 2.75) is 25.8 Å². The van der Waals surface area contributed by atoms with Gasteiger partial charge in [-0.05, 0) is 56.6 Å². The Morgan fingerprint density at radius 3 is 2.58 bits per heavy atom. The number of benzene rings is 1. The number of piperidine rings is 1. The number of carbonyl (C=O) groups excluding carboxylic acids is 1. The molecule has 0 atom stereocenters. The monoisotopic (exact) mass is 264 g/mol. The largest absolute Gasteiger partial charge is 0.352 e. The van der Waals surface area contributed by atoms with E-state index in [1.807, 2.05) is 0 Å². The first-order valence-corrected chi connectivity index (χ1v) is 6.83. The number of rotatable bonds is 4. The van der Waals surface area contributed by atoms with E-state index in [-0.39, 0.29) is 11.7 Å². The van der Waals surface area contributed by atoms with Crippen LogP contribution in [0.15, 0.2) is 24.3 Å². The number of amides is 1. The quantitative estimate of drug-likeness (QED) is 0.904. The van der Waals surface area contributed by atoms with E-state index in [1.54, 1.807) is 12.1 Å². The first-order chi connectivity index (χ1) is 9.13. The Labute approximate surface area is 113 Å². The van der Waals surface area contributed by atoms with Crippen LogP contribution in [0.5, 0.6) is 0 Å². The number of halogens is 1. The number of nitrogens with zero attached hydrogens (tertiary/aromatic N) is 1. The van der Waals surface area contributed by atoms with E-state index in [0.29, 0.717) is 18.9 Å². The molecule has 0 unspecified atom stereocenters. The highest BCUT2D eigenvalue weighted by Gasteiger charge is 2.19. The second-order valence-corrected chi connectivity index (χ2v) is 5.35. The van der Waals surface area contributed by atoms with Crippen LogP contribution in [-0.4, -0.2) is 30.9 Å². The molecule has 1 aromatic rings. The summed E-state index contributed by atoms with van der Waals surface area (Å²) in [5, 5.41) is 2.90. The van der Waals surface area contributed by atoms with Crippen LogP contribution < -0.4 is 5.32 Å². The van der Waals surface area contributed by atoms with Gasteiger partial charge in [0.1, 0.15) is 5.82 Å². The predicted molar refractivity (Wildman–Crippen MR) is 73.1 cm³/mol. The van der Waals surface area contributed by atoms with Crippen LogP contribution in [0.3, 0.4) is 0 Å². The molecule has 1 saturated heterocycles. The standard InChI is InChI=1S/C15H21FN2O/c1-18-8-6-12(7-9-18)10-15(19)17-11-13-2-4-14(16)5-3-13/h2-5,12H,6-11H2,1H3,(H,17,19). The molecule has 1 fully saturated rings. The molecule has 0 spiro atoms. The molecule has 0 aromatic heterocycles. The van der Waals surface area contributed by atoms with Crippen molar-refractivity contribution in [1.82, 2.24) is 10.2 Å². The van der Waals surface area contributed by atoms with Crippen LogP contribution >= 0.6 is 0 Å². The summed E-state index contributed by atoms with van der Waals surface area (Å²) in [4.78, 5) is 14.1. The second kappa shape index (κ2) is 6.66. The van der Waals surface area contributed by atoms with Crippen molar-refractivity contribution in [3.8, 4) is 0 Å². The highest BCUT2D eigenvalue weighted by molar-refractivity contribution is 5.76. The van der Waals surface area contributed by atoms with Gasteiger partial charge in [-0.25, -0.2) is 4.39 Å². The summed E-state index contributed by atoms with van der Waals surface area (Å²) in [5.41, 5.74) is 0.929. The lowest BCUT2D eigenvalue weighted by atomic mass is 9.93. The van der Waals surface area contributed by atoms with Gasteiger partial charge in [-0.3, -0.25) is 4.79 Å². The van der Waals surface area contributed by atoms with Gasteiger partial charge in [0.05, 0.1) is 0 Å². The van der Waals surface area contributed by atoms with Crippen LogP contribution in [0.2, 0.25) is 0 Å². The Balaban J connectivity index is 1.71. The zero-order valence-corrected chi connectivity index (χ0v) is 11.4. The summed E-state index contributed by atoms with van der Waals surface area (Å²) in [6.45, 7) is 2.64. The van der Waals surface area contributed by atoms with Crippen LogP contribution in [0, 0.1) is 11.7 Å². The topological polar surface area (TPSA) is 32.3 Å². The van der Waals surface area contributed by atoms with Gasteiger partial charge in [0, 0.05) is 13.0 Å². The third-order valence-electron chi connectivity index (χ3n) is 3.72. The first kappa shape index (κ1) is 14.0. The molecule has 1 aliphatic heterocycles. The van der Waals surface area contributed by atoms with E-state index in [2.05, 4.69) is 17.3 Å². The van der Waals surface area contributed by atoms with Gasteiger partial charge >= 0.3 is 0 Å². The van der Waals surface area contributed by atoms with Crippen molar-refractivity contribution < 1.29 is 9.18 Å². The van der Waals surface area contributed by atoms with Crippen LogP contribution in [0.4, 0.5) is 4.39 Å². The number of hydrogen-bond acceptors (Lipinski definition) is 2. The highest BCUT2D eigenvalue weighted by atomic mass is 19.1. The summed E-state index contributed by atoms with van der Waals surface area (Å²) >= 11 is 0. The lowest BCUT2D eigenvalue weighted by molar-refractivity contribution is -0.122. The minimum Gasteiger partial charge on any atom is -0.352 e. The van der Waals surface area contributed by atoms with Crippen LogP contribution in [-0.2, 0) is 11.3 Å². The van der Waals surface area contributed by atoms with E-state index in [9.17, 15) is 9.18 Å². The summed E-state index contributed by atoms with van der Waals surface area (Å²) in [7, 11) is 2.12. The molecule has 0 radical (unpaired) electrons. The molecular formula is C15H21FN2O. The van der Waals surface area contributed by atoms with Gasteiger partial charge in [0.25, 0.3) is 0 Å². The Hall–Kier alpha value is -1.42. The molecule has 4 heteroatoms. The molecule has 104 valence electrons. The Morgan fingerprint density at radius 2 is 1.95 bits per heavy atom. The van der Waals surface area contributed by atoms with Crippen LogP contribution in [0.25, 0.3) is 0 Å². The Kier molecular flexibility index (Phi) is 4.91. The fourth-order valence-electron chi connectivity index (χ4n) is 2.40. The average molecular weight is 264 g/mol. The van der Waals surface area contributed by atoms with Crippen molar-refractivity contribution in [1.29, 1.82) is 0 Å². The van der Waals surface area contributed by atoms with Crippen molar-refractivity contribution in [3.05, 3.63) is 35.6 Å². The predicted octanol–water partition coefficient (Wildman–Crippen LogP) is 2.17. The van der Waals surface area contributed by atoms with E-state index >= 15 is 0 Å². The maximum Gasteiger partial charge on any atom is 0.220 e. The maximum absolute atomic E-state index is 12.7. The number of likely N-dealkylation sites (tertiary alicyclic amines) is 1. The smallest absolute Gasteiger partial charge is 0.220 e. The lowest BCUT2D eigenvalue weighted by Gasteiger charge is -2.28. The third-order valence-corrected chi connectivity index (χ3v) is 3.72. The summed E-state index contributed by atoms with van der Waals surface area (Å²) < 4.78 is 12.7. The molecule has 1 amide bonds. The Bertz CT molecular complexity index is 411. The molecule has 19 heavy (non-hydrogen) atoms. The minimum atomic E-state index is -0.249. The van der Waals surface area contributed by atoms with Crippen molar-refractivity contribution >= 4 is 5.91 Å². The molecule has 0 bridgehead atoms. The van der Waals surface area contributed by atoms with Crippen molar-refractivity contribution in [3.63, 3.8) is 0 Å². The van der Waals surface area contributed by atoms with Crippen LogP contribution in [0.1, 0.15) is 24.8 Å². The molecule has 0 aliphatic carbocycles. The van der Waals surface area contributed by atoms with E-state index in [4.69, 9.17) is 0 Å². The summed E-state index contributed by atoms with van der Waals surface area (Å²) in [6, 6.07) is 6.23. The van der Waals surface area contributed by atoms with Gasteiger partial charge in [-0.2, -0.15) is 0 Å². The molecule has 2 rings (SSSR count). The maximum atomic E-state index is 12.7. The van der Waals surface area contributed by atoms with Gasteiger partial charge in [0.2, 0.25) is 5.91 Å². The highest BCUT2D eigenvalue weighted by Crippen LogP contribution is 2.19. The second-order valence-electron chi connectivity index (χ2n) is 5.35. The van der Waals surface area contributed by atoms with E-state index in [1.165, 1.54) is 12.1 Å². The van der Waals surface area contributed by atoms with Gasteiger partial charge in [-0.15, -0.1) is 0 Å². The van der Waals surface area contributed by atoms with Gasteiger partial charge < -0.3 is 10.2 Å². The summed E-state index contributed by atoms with van der Waals surface area (Å²) in [5.74, 6) is 0.352. The molecule has 0 saturated carbocycles. The molecule has 1 aliphatic rings. The molecule has 3 nitrogen and oxygen atoms in total. The van der Waals surface area contributed by atoms with E-state index in [0.717, 1.165) is 31.5 Å².